The molecule has 2 rings (SSSR count). The van der Waals surface area contributed by atoms with Gasteiger partial charge in [-0.3, -0.25) is 4.79 Å². The van der Waals surface area contributed by atoms with Crippen molar-refractivity contribution in [2.24, 2.45) is 0 Å². The molecule has 0 radical (unpaired) electrons. The molecule has 0 saturated heterocycles. The van der Waals surface area contributed by atoms with E-state index in [1.807, 2.05) is 0 Å². The smallest absolute Gasteiger partial charge is 0.310 e. The van der Waals surface area contributed by atoms with Crippen molar-refractivity contribution in [1.29, 1.82) is 0 Å². The van der Waals surface area contributed by atoms with Crippen LogP contribution in [0.4, 0.5) is 13.2 Å². The predicted molar refractivity (Wildman–Crippen MR) is 69.8 cm³/mol. The lowest BCUT2D eigenvalue weighted by molar-refractivity contribution is -0.133. The minimum absolute atomic E-state index is 0.0494. The summed E-state index contributed by atoms with van der Waals surface area (Å²) in [7, 11) is 0. The molecule has 2 N–H and O–H groups in total. The molecule has 0 saturated carbocycles. The molecule has 108 valence electrons. The first-order valence-electron chi connectivity index (χ1n) is 5.81. The van der Waals surface area contributed by atoms with E-state index in [1.54, 1.807) is 12.1 Å². The van der Waals surface area contributed by atoms with Crippen LogP contribution >= 0.6 is 11.6 Å². The molecular weight excluding hydrogens is 295 g/mol. The third-order valence-corrected chi connectivity index (χ3v) is 2.83. The van der Waals surface area contributed by atoms with Crippen molar-refractivity contribution in [3.05, 3.63) is 39.4 Å². The standard InChI is InChI=1S/C12H11ClF3N3O/c13-7-1-2-8-9(5-7)18-10(19-11(8)20)6-17-4-3-12(14,15)16/h1-2,5,17H,3-4,6H2,(H,18,19,20). The number of alkyl halides is 3. The number of hydrogen-bond donors (Lipinski definition) is 2. The molecule has 20 heavy (non-hydrogen) atoms. The van der Waals surface area contributed by atoms with E-state index in [4.69, 9.17) is 11.6 Å². The van der Waals surface area contributed by atoms with E-state index >= 15 is 0 Å². The summed E-state index contributed by atoms with van der Waals surface area (Å²) in [6, 6.07) is 4.65. The van der Waals surface area contributed by atoms with Crippen LogP contribution in [0.1, 0.15) is 12.2 Å². The summed E-state index contributed by atoms with van der Waals surface area (Å²) in [6.45, 7) is -0.186. The number of benzene rings is 1. The third-order valence-electron chi connectivity index (χ3n) is 2.60. The molecule has 0 amide bonds. The molecule has 4 nitrogen and oxygen atoms in total. The van der Waals surface area contributed by atoms with Gasteiger partial charge >= 0.3 is 6.18 Å². The Labute approximate surface area is 117 Å². The number of nitrogens with zero attached hydrogens (tertiary/aromatic N) is 1. The van der Waals surface area contributed by atoms with Crippen molar-refractivity contribution in [2.75, 3.05) is 6.54 Å². The van der Waals surface area contributed by atoms with E-state index < -0.39 is 12.6 Å². The van der Waals surface area contributed by atoms with Crippen LogP contribution in [0.5, 0.6) is 0 Å². The number of aromatic amines is 1. The highest BCUT2D eigenvalue weighted by Gasteiger charge is 2.25. The molecule has 0 aliphatic rings. The van der Waals surface area contributed by atoms with Gasteiger partial charge in [0.2, 0.25) is 0 Å². The summed E-state index contributed by atoms with van der Waals surface area (Å²) in [5, 5.41) is 3.40. The first-order chi connectivity index (χ1) is 9.35. The second-order valence-corrected chi connectivity index (χ2v) is 4.65. The molecule has 0 aliphatic heterocycles. The van der Waals surface area contributed by atoms with Gasteiger partial charge in [-0.1, -0.05) is 11.6 Å². The SMILES string of the molecule is O=c1[nH]c(CNCCC(F)(F)F)nc2cc(Cl)ccc12. The maximum absolute atomic E-state index is 12.0. The van der Waals surface area contributed by atoms with Gasteiger partial charge in [0, 0.05) is 11.6 Å². The highest BCUT2D eigenvalue weighted by molar-refractivity contribution is 6.31. The van der Waals surface area contributed by atoms with Gasteiger partial charge in [0.15, 0.2) is 0 Å². The van der Waals surface area contributed by atoms with E-state index in [-0.39, 0.29) is 24.5 Å². The molecule has 0 aliphatic carbocycles. The van der Waals surface area contributed by atoms with Crippen LogP contribution in [0.25, 0.3) is 10.9 Å². The minimum Gasteiger partial charge on any atom is -0.310 e. The van der Waals surface area contributed by atoms with E-state index in [1.165, 1.54) is 6.07 Å². The van der Waals surface area contributed by atoms with Crippen LogP contribution in [-0.2, 0) is 6.54 Å². The Kier molecular flexibility index (Phi) is 4.29. The van der Waals surface area contributed by atoms with Crippen LogP contribution in [-0.4, -0.2) is 22.7 Å². The van der Waals surface area contributed by atoms with Crippen molar-refractivity contribution >= 4 is 22.5 Å². The third kappa shape index (κ3) is 3.94. The quantitative estimate of drug-likeness (QED) is 0.854. The summed E-state index contributed by atoms with van der Waals surface area (Å²) in [5.41, 5.74) is 0.0631. The van der Waals surface area contributed by atoms with Gasteiger partial charge in [-0.05, 0) is 18.2 Å². The Morgan fingerprint density at radius 2 is 2.10 bits per heavy atom. The number of nitrogens with one attached hydrogen (secondary N) is 2. The maximum atomic E-state index is 12.0. The topological polar surface area (TPSA) is 57.8 Å². The number of H-pyrrole nitrogens is 1. The molecule has 0 fully saturated rings. The fraction of sp³-hybridized carbons (Fsp3) is 0.333. The Morgan fingerprint density at radius 1 is 1.35 bits per heavy atom. The van der Waals surface area contributed by atoms with E-state index in [0.29, 0.717) is 15.9 Å². The van der Waals surface area contributed by atoms with E-state index in [0.717, 1.165) is 0 Å². The zero-order chi connectivity index (χ0) is 14.8. The Morgan fingerprint density at radius 3 is 2.80 bits per heavy atom. The first kappa shape index (κ1) is 14.8. The lowest BCUT2D eigenvalue weighted by Crippen LogP contribution is -2.24. The van der Waals surface area contributed by atoms with Crippen molar-refractivity contribution < 1.29 is 13.2 Å². The van der Waals surface area contributed by atoms with E-state index in [9.17, 15) is 18.0 Å². The molecule has 0 unspecified atom stereocenters. The second kappa shape index (κ2) is 5.80. The van der Waals surface area contributed by atoms with Crippen molar-refractivity contribution in [1.82, 2.24) is 15.3 Å². The molecule has 1 aromatic heterocycles. The number of aromatic nitrogens is 2. The van der Waals surface area contributed by atoms with Gasteiger partial charge in [0.05, 0.1) is 23.9 Å². The van der Waals surface area contributed by atoms with Gasteiger partial charge in [0.1, 0.15) is 5.82 Å². The van der Waals surface area contributed by atoms with Crippen molar-refractivity contribution in [3.8, 4) is 0 Å². The monoisotopic (exact) mass is 305 g/mol. The lowest BCUT2D eigenvalue weighted by Gasteiger charge is -2.07. The molecule has 8 heteroatoms. The summed E-state index contributed by atoms with van der Waals surface area (Å²) in [6.07, 6.45) is -5.14. The summed E-state index contributed by atoms with van der Waals surface area (Å²) in [5.74, 6) is 0.270. The van der Waals surface area contributed by atoms with E-state index in [2.05, 4.69) is 15.3 Å². The predicted octanol–water partition coefficient (Wildman–Crippen LogP) is 2.62. The molecule has 0 atom stereocenters. The summed E-state index contributed by atoms with van der Waals surface area (Å²) >= 11 is 5.81. The number of hydrogen-bond acceptors (Lipinski definition) is 3. The van der Waals surface area contributed by atoms with Gasteiger partial charge in [-0.15, -0.1) is 0 Å². The average molecular weight is 306 g/mol. The molecule has 1 heterocycles. The van der Waals surface area contributed by atoms with Crippen LogP contribution < -0.4 is 10.9 Å². The van der Waals surface area contributed by atoms with Gasteiger partial charge in [-0.25, -0.2) is 4.98 Å². The molecule has 0 spiro atoms. The number of fused-ring (bicyclic) bond motifs is 1. The number of rotatable bonds is 4. The molecule has 0 bridgehead atoms. The van der Waals surface area contributed by atoms with Crippen LogP contribution in [0, 0.1) is 0 Å². The van der Waals surface area contributed by atoms with Gasteiger partial charge in [0.25, 0.3) is 5.56 Å². The van der Waals surface area contributed by atoms with Crippen LogP contribution in [0.15, 0.2) is 23.0 Å². The normalized spacial score (nSPS) is 12.0. The van der Waals surface area contributed by atoms with Crippen LogP contribution in [0.2, 0.25) is 5.02 Å². The Hall–Kier alpha value is -1.60. The first-order valence-corrected chi connectivity index (χ1v) is 6.19. The fourth-order valence-electron chi connectivity index (χ4n) is 1.68. The van der Waals surface area contributed by atoms with Crippen LogP contribution in [0.3, 0.4) is 0 Å². The summed E-state index contributed by atoms with van der Waals surface area (Å²) in [4.78, 5) is 18.4. The second-order valence-electron chi connectivity index (χ2n) is 4.22. The average Bonchev–Trinajstić information content (AvgIpc) is 2.33. The maximum Gasteiger partial charge on any atom is 0.390 e. The Bertz CT molecular complexity index is 669. The number of halogens is 4. The zero-order valence-electron chi connectivity index (χ0n) is 10.2. The highest BCUT2D eigenvalue weighted by Crippen LogP contribution is 2.18. The largest absolute Gasteiger partial charge is 0.390 e. The Balaban J connectivity index is 2.09. The minimum atomic E-state index is -4.20. The van der Waals surface area contributed by atoms with Gasteiger partial charge < -0.3 is 10.3 Å². The molecule has 2 aromatic rings. The van der Waals surface area contributed by atoms with Crippen molar-refractivity contribution in [3.63, 3.8) is 0 Å². The highest BCUT2D eigenvalue weighted by atomic mass is 35.5. The van der Waals surface area contributed by atoms with Crippen molar-refractivity contribution in [2.45, 2.75) is 19.1 Å². The fourth-order valence-corrected chi connectivity index (χ4v) is 1.85. The zero-order valence-corrected chi connectivity index (χ0v) is 11.0. The molecular formula is C12H11ClF3N3O. The molecule has 1 aromatic carbocycles. The van der Waals surface area contributed by atoms with Gasteiger partial charge in [-0.2, -0.15) is 13.2 Å². The summed E-state index contributed by atoms with van der Waals surface area (Å²) < 4.78 is 35.9. The lowest BCUT2D eigenvalue weighted by atomic mass is 10.2.